The van der Waals surface area contributed by atoms with Gasteiger partial charge in [0.2, 0.25) is 0 Å². The minimum Gasteiger partial charge on any atom is -0.326 e. The van der Waals surface area contributed by atoms with Gasteiger partial charge < -0.3 is 5.73 Å². The Morgan fingerprint density at radius 3 is 2.71 bits per heavy atom. The predicted molar refractivity (Wildman–Crippen MR) is 46.8 cm³/mol. The fourth-order valence-corrected chi connectivity index (χ4v) is 1.26. The van der Waals surface area contributed by atoms with E-state index in [1.807, 2.05) is 0 Å². The second-order valence-corrected chi connectivity index (χ2v) is 2.84. The summed E-state index contributed by atoms with van der Waals surface area (Å²) >= 11 is 5.45. The lowest BCUT2D eigenvalue weighted by atomic mass is 10.1. The number of nitrogens with two attached hydrogens (primary N) is 1. The first-order valence-electron chi connectivity index (χ1n) is 3.67. The molecule has 0 fully saturated rings. The fourth-order valence-electron chi connectivity index (χ4n) is 1.03. The summed E-state index contributed by atoms with van der Waals surface area (Å²) < 4.78 is 25.0. The predicted octanol–water partition coefficient (Wildman–Crippen LogP) is 2.00. The Morgan fingerprint density at radius 1 is 1.64 bits per heavy atom. The molecule has 0 aromatic carbocycles. The van der Waals surface area contributed by atoms with Crippen LogP contribution in [0.4, 0.5) is 8.78 Å². The summed E-state index contributed by atoms with van der Waals surface area (Å²) in [4.78, 5) is 3.53. The van der Waals surface area contributed by atoms with Crippen LogP contribution in [0.1, 0.15) is 23.1 Å². The van der Waals surface area contributed by atoms with Gasteiger partial charge in [-0.1, -0.05) is 11.6 Å². The quantitative estimate of drug-likeness (QED) is 0.771. The Kier molecular flexibility index (Phi) is 3.33. The van der Waals surface area contributed by atoms with E-state index in [9.17, 15) is 8.78 Å². The van der Waals surface area contributed by atoms with Crippen LogP contribution in [-0.4, -0.2) is 4.98 Å². The van der Waals surface area contributed by atoms with Gasteiger partial charge in [0, 0.05) is 18.3 Å². The molecule has 1 aromatic heterocycles. The van der Waals surface area contributed by atoms with E-state index in [0.717, 1.165) is 0 Å². The molecule has 0 bridgehead atoms. The number of pyridine rings is 1. The van der Waals surface area contributed by atoms with E-state index in [0.29, 0.717) is 0 Å². The van der Waals surface area contributed by atoms with Crippen LogP contribution >= 0.6 is 11.6 Å². The number of nitriles is 1. The van der Waals surface area contributed by atoms with Gasteiger partial charge in [-0.3, -0.25) is 0 Å². The van der Waals surface area contributed by atoms with Gasteiger partial charge in [0.25, 0.3) is 6.43 Å². The van der Waals surface area contributed by atoms with Crippen molar-refractivity contribution in [2.24, 2.45) is 5.73 Å². The molecule has 14 heavy (non-hydrogen) atoms. The topological polar surface area (TPSA) is 62.7 Å². The van der Waals surface area contributed by atoms with Crippen LogP contribution in [-0.2, 0) is 6.54 Å². The Labute approximate surface area is 84.1 Å². The Hall–Kier alpha value is -1.25. The maximum Gasteiger partial charge on any atom is 0.268 e. The smallest absolute Gasteiger partial charge is 0.268 e. The van der Waals surface area contributed by atoms with Crippen LogP contribution in [0.3, 0.4) is 0 Å². The fraction of sp³-hybridized carbons (Fsp3) is 0.250. The number of halogens is 3. The lowest BCUT2D eigenvalue weighted by Crippen LogP contribution is -2.05. The van der Waals surface area contributed by atoms with Gasteiger partial charge in [-0.05, 0) is 0 Å². The van der Waals surface area contributed by atoms with Crippen molar-refractivity contribution < 1.29 is 8.78 Å². The highest BCUT2D eigenvalue weighted by molar-refractivity contribution is 6.30. The zero-order valence-corrected chi connectivity index (χ0v) is 7.72. The average Bonchev–Trinajstić information content (AvgIpc) is 2.16. The van der Waals surface area contributed by atoms with Gasteiger partial charge in [0.1, 0.15) is 11.2 Å². The molecule has 74 valence electrons. The zero-order chi connectivity index (χ0) is 10.7. The second kappa shape index (κ2) is 4.31. The van der Waals surface area contributed by atoms with Gasteiger partial charge in [-0.15, -0.1) is 0 Å². The maximum absolute atomic E-state index is 12.5. The number of aromatic nitrogens is 1. The molecule has 1 rings (SSSR count). The third-order valence-corrected chi connectivity index (χ3v) is 2.00. The van der Waals surface area contributed by atoms with Crippen LogP contribution in [0.2, 0.25) is 5.15 Å². The standard InChI is InChI=1S/C8H6ClF2N3/c9-7-6(8(10)11)5(2-13)4(1-12)3-14-7/h3,8H,1,12H2. The first-order valence-corrected chi connectivity index (χ1v) is 4.05. The lowest BCUT2D eigenvalue weighted by molar-refractivity contribution is 0.150. The van der Waals surface area contributed by atoms with Gasteiger partial charge in [-0.25, -0.2) is 13.8 Å². The summed E-state index contributed by atoms with van der Waals surface area (Å²) in [5.41, 5.74) is 4.81. The molecule has 0 aliphatic rings. The first-order chi connectivity index (χ1) is 6.61. The number of hydrogen-bond acceptors (Lipinski definition) is 3. The summed E-state index contributed by atoms with van der Waals surface area (Å²) in [6, 6.07) is 1.65. The summed E-state index contributed by atoms with van der Waals surface area (Å²) in [7, 11) is 0. The summed E-state index contributed by atoms with van der Waals surface area (Å²) in [6.07, 6.45) is -1.59. The summed E-state index contributed by atoms with van der Waals surface area (Å²) in [6.45, 7) is -0.0210. The molecule has 0 saturated heterocycles. The lowest BCUT2D eigenvalue weighted by Gasteiger charge is -2.07. The van der Waals surface area contributed by atoms with Crippen molar-refractivity contribution in [2.75, 3.05) is 0 Å². The van der Waals surface area contributed by atoms with Crippen molar-refractivity contribution >= 4 is 11.6 Å². The minimum absolute atomic E-state index is 0.0210. The van der Waals surface area contributed by atoms with Gasteiger partial charge in [0.15, 0.2) is 0 Å². The molecular formula is C8H6ClF2N3. The molecule has 3 nitrogen and oxygen atoms in total. The summed E-state index contributed by atoms with van der Waals surface area (Å²) in [5.74, 6) is 0. The molecule has 0 atom stereocenters. The van der Waals surface area contributed by atoms with E-state index in [2.05, 4.69) is 4.98 Å². The number of rotatable bonds is 2. The molecule has 1 heterocycles. The molecule has 0 aliphatic carbocycles. The van der Waals surface area contributed by atoms with Crippen LogP contribution in [0.15, 0.2) is 6.20 Å². The van der Waals surface area contributed by atoms with E-state index in [1.165, 1.54) is 6.20 Å². The minimum atomic E-state index is -2.82. The molecule has 2 N–H and O–H groups in total. The summed E-state index contributed by atoms with van der Waals surface area (Å²) in [5, 5.41) is 8.33. The highest BCUT2D eigenvalue weighted by Gasteiger charge is 2.20. The molecule has 0 aliphatic heterocycles. The highest BCUT2D eigenvalue weighted by Crippen LogP contribution is 2.30. The number of alkyl halides is 2. The molecule has 0 amide bonds. The molecule has 1 aromatic rings. The Balaban J connectivity index is 3.45. The Morgan fingerprint density at radius 2 is 2.29 bits per heavy atom. The van der Waals surface area contributed by atoms with Crippen molar-refractivity contribution in [1.29, 1.82) is 5.26 Å². The molecular weight excluding hydrogens is 212 g/mol. The third-order valence-electron chi connectivity index (χ3n) is 1.70. The second-order valence-electron chi connectivity index (χ2n) is 2.48. The average molecular weight is 218 g/mol. The molecule has 0 unspecified atom stereocenters. The number of nitrogens with zero attached hydrogens (tertiary/aromatic N) is 2. The molecule has 0 spiro atoms. The Bertz CT molecular complexity index is 387. The van der Waals surface area contributed by atoms with E-state index < -0.39 is 12.0 Å². The van der Waals surface area contributed by atoms with E-state index >= 15 is 0 Å². The van der Waals surface area contributed by atoms with Crippen LogP contribution in [0.5, 0.6) is 0 Å². The van der Waals surface area contributed by atoms with Gasteiger partial charge >= 0.3 is 0 Å². The van der Waals surface area contributed by atoms with Crippen LogP contribution in [0, 0.1) is 11.3 Å². The maximum atomic E-state index is 12.5. The van der Waals surface area contributed by atoms with Gasteiger partial charge in [0.05, 0.1) is 11.1 Å². The van der Waals surface area contributed by atoms with Gasteiger partial charge in [-0.2, -0.15) is 5.26 Å². The van der Waals surface area contributed by atoms with Crippen molar-refractivity contribution in [3.8, 4) is 6.07 Å². The first kappa shape index (κ1) is 10.8. The van der Waals surface area contributed by atoms with E-state index in [4.69, 9.17) is 22.6 Å². The molecule has 6 heteroatoms. The third kappa shape index (κ3) is 1.81. The molecule has 0 radical (unpaired) electrons. The van der Waals surface area contributed by atoms with Crippen molar-refractivity contribution in [3.63, 3.8) is 0 Å². The molecule has 0 saturated carbocycles. The van der Waals surface area contributed by atoms with Crippen molar-refractivity contribution in [2.45, 2.75) is 13.0 Å². The normalized spacial score (nSPS) is 10.3. The zero-order valence-electron chi connectivity index (χ0n) is 6.97. The SMILES string of the molecule is N#Cc1c(CN)cnc(Cl)c1C(F)F. The largest absolute Gasteiger partial charge is 0.326 e. The monoisotopic (exact) mass is 217 g/mol. The number of hydrogen-bond donors (Lipinski definition) is 1. The van der Waals surface area contributed by atoms with Crippen LogP contribution < -0.4 is 5.73 Å². The van der Waals surface area contributed by atoms with E-state index in [-0.39, 0.29) is 22.8 Å². The van der Waals surface area contributed by atoms with Crippen molar-refractivity contribution in [1.82, 2.24) is 4.98 Å². The van der Waals surface area contributed by atoms with E-state index in [1.54, 1.807) is 6.07 Å². The highest BCUT2D eigenvalue weighted by atomic mass is 35.5. The van der Waals surface area contributed by atoms with Crippen LogP contribution in [0.25, 0.3) is 0 Å². The van der Waals surface area contributed by atoms with Crippen molar-refractivity contribution in [3.05, 3.63) is 28.0 Å².